The predicted molar refractivity (Wildman–Crippen MR) is 164 cm³/mol. The minimum Gasteiger partial charge on any atom is -0.450 e. The molecule has 0 bridgehead atoms. The van der Waals surface area contributed by atoms with Gasteiger partial charge in [0.05, 0.1) is 11.2 Å². The Bertz CT molecular complexity index is 1300. The zero-order valence-electron chi connectivity index (χ0n) is 23.5. The van der Waals surface area contributed by atoms with Crippen LogP contribution in [-0.2, 0) is 25.7 Å². The second-order valence-corrected chi connectivity index (χ2v) is 12.2. The summed E-state index contributed by atoms with van der Waals surface area (Å²) in [5, 5.41) is 0. The van der Waals surface area contributed by atoms with Crippen LogP contribution in [0.4, 0.5) is 0 Å². The predicted octanol–water partition coefficient (Wildman–Crippen LogP) is 9.69. The molecule has 0 aliphatic carbocycles. The van der Waals surface area contributed by atoms with Gasteiger partial charge in [-0.3, -0.25) is 0 Å². The van der Waals surface area contributed by atoms with E-state index in [0.717, 1.165) is 22.6 Å². The smallest absolute Gasteiger partial charge is 0.216 e. The first-order valence-electron chi connectivity index (χ1n) is 13.1. The van der Waals surface area contributed by atoms with Gasteiger partial charge in [-0.05, 0) is 74.2 Å². The molecule has 0 saturated heterocycles. The Morgan fingerprint density at radius 2 is 0.769 bits per heavy atom. The molecule has 0 radical (unpaired) electrons. The molecule has 0 aliphatic rings. The molecule has 4 aromatic carbocycles. The van der Waals surface area contributed by atoms with Crippen LogP contribution in [0.5, 0.6) is 11.5 Å². The third kappa shape index (κ3) is 7.68. The Morgan fingerprint density at radius 3 is 1.26 bits per heavy atom. The molecule has 2 unspecified atom stereocenters. The topological polar surface area (TPSA) is 36.9 Å². The van der Waals surface area contributed by atoms with Gasteiger partial charge in [0, 0.05) is 5.41 Å². The van der Waals surface area contributed by atoms with Crippen LogP contribution < -0.4 is 9.05 Å². The molecule has 6 heteroatoms. The molecule has 0 N–H and O–H groups in total. The summed E-state index contributed by atoms with van der Waals surface area (Å²) in [5.74, 6) is 1.61. The van der Waals surface area contributed by atoms with E-state index in [1.807, 2.05) is 60.7 Å². The molecule has 0 amide bonds. The van der Waals surface area contributed by atoms with Crippen molar-refractivity contribution in [2.45, 2.75) is 58.2 Å². The van der Waals surface area contributed by atoms with Crippen molar-refractivity contribution in [1.29, 1.82) is 0 Å². The fraction of sp³-hybridized carbons (Fsp3) is 0.273. The molecule has 0 fully saturated rings. The Hall–Kier alpha value is -2.74. The first-order chi connectivity index (χ1) is 18.6. The summed E-state index contributed by atoms with van der Waals surface area (Å²) in [6, 6.07) is 36.9. The molecule has 4 rings (SSSR count). The molecule has 4 aromatic rings. The second kappa shape index (κ2) is 12.6. The first-order valence-corrected chi connectivity index (χ1v) is 14.7. The highest BCUT2D eigenvalue weighted by atomic mass is 31.1. The van der Waals surface area contributed by atoms with E-state index in [0.29, 0.717) is 0 Å². The van der Waals surface area contributed by atoms with E-state index < -0.39 is 11.2 Å². The van der Waals surface area contributed by atoms with Crippen molar-refractivity contribution in [2.24, 2.45) is 0 Å². The van der Waals surface area contributed by atoms with E-state index >= 15 is 0 Å². The Labute approximate surface area is 237 Å². The van der Waals surface area contributed by atoms with Gasteiger partial charge in [-0.1, -0.05) is 98.8 Å². The van der Waals surface area contributed by atoms with Crippen molar-refractivity contribution in [2.75, 3.05) is 0 Å². The highest BCUT2D eigenvalue weighted by Crippen LogP contribution is 2.38. The third-order valence-corrected chi connectivity index (χ3v) is 8.83. The fourth-order valence-electron chi connectivity index (χ4n) is 4.19. The van der Waals surface area contributed by atoms with Crippen LogP contribution in [0.2, 0.25) is 0 Å². The summed E-state index contributed by atoms with van der Waals surface area (Å²) in [5.41, 5.74) is 3.62. The zero-order valence-corrected chi connectivity index (χ0v) is 25.5. The highest BCUT2D eigenvalue weighted by molar-refractivity contribution is 7.27. The van der Waals surface area contributed by atoms with Crippen molar-refractivity contribution in [1.82, 2.24) is 0 Å². The summed E-state index contributed by atoms with van der Waals surface area (Å²) in [6.45, 7) is 12.7. The number of hydrogen-bond acceptors (Lipinski definition) is 4. The second-order valence-electron chi connectivity index (χ2n) is 11.0. The minimum absolute atomic E-state index is 0.0824. The molecule has 39 heavy (non-hydrogen) atoms. The highest BCUT2D eigenvalue weighted by Gasteiger charge is 2.26. The van der Waals surface area contributed by atoms with Crippen LogP contribution in [0, 0.1) is 0 Å². The first kappa shape index (κ1) is 29.2. The quantitative estimate of drug-likeness (QED) is 0.162. The molecule has 0 aromatic heterocycles. The summed E-state index contributed by atoms with van der Waals surface area (Å²) in [7, 11) is -0.176. The van der Waals surface area contributed by atoms with Gasteiger partial charge < -0.3 is 18.1 Å². The number of para-hydroxylation sites is 1. The Morgan fingerprint density at radius 1 is 0.410 bits per heavy atom. The van der Waals surface area contributed by atoms with Crippen LogP contribution in [0.1, 0.15) is 63.8 Å². The van der Waals surface area contributed by atoms with E-state index in [1.54, 1.807) is 0 Å². The summed E-state index contributed by atoms with van der Waals surface area (Å²) < 4.78 is 23.9. The van der Waals surface area contributed by atoms with Gasteiger partial charge in [-0.15, -0.1) is 0 Å². The Kier molecular flexibility index (Phi) is 9.47. The van der Waals surface area contributed by atoms with Gasteiger partial charge in [-0.25, -0.2) is 0 Å². The third-order valence-electron chi connectivity index (χ3n) is 7.00. The lowest BCUT2D eigenvalue weighted by Gasteiger charge is -2.29. The Balaban J connectivity index is 1.33. The SMILES string of the molecule is CC(C)(OPOc1ccc(C(C)(C)c2ccc(C(C)(C)OPOc3ccccc3)cc2)cc1)c1ccccc1. The summed E-state index contributed by atoms with van der Waals surface area (Å²) >= 11 is 0. The number of rotatable bonds is 12. The average molecular weight is 561 g/mol. The van der Waals surface area contributed by atoms with Crippen molar-refractivity contribution < 1.29 is 18.1 Å². The lowest BCUT2D eigenvalue weighted by molar-refractivity contribution is 0.120. The van der Waals surface area contributed by atoms with Gasteiger partial charge in [0.1, 0.15) is 11.5 Å². The molecule has 2 atom stereocenters. The van der Waals surface area contributed by atoms with Crippen LogP contribution in [0.3, 0.4) is 0 Å². The van der Waals surface area contributed by atoms with Crippen LogP contribution in [0.25, 0.3) is 0 Å². The molecular weight excluding hydrogens is 522 g/mol. The van der Waals surface area contributed by atoms with E-state index in [9.17, 15) is 0 Å². The van der Waals surface area contributed by atoms with Crippen LogP contribution >= 0.6 is 18.1 Å². The lowest BCUT2D eigenvalue weighted by Crippen LogP contribution is -2.21. The number of benzene rings is 4. The normalized spacial score (nSPS) is 12.9. The van der Waals surface area contributed by atoms with E-state index in [-0.39, 0.29) is 23.5 Å². The summed E-state index contributed by atoms with van der Waals surface area (Å²) in [4.78, 5) is 0. The monoisotopic (exact) mass is 560 g/mol. The molecule has 4 nitrogen and oxygen atoms in total. The van der Waals surface area contributed by atoms with Crippen molar-refractivity contribution in [3.8, 4) is 11.5 Å². The molecule has 0 heterocycles. The molecular formula is C33H38O4P2. The fourth-order valence-corrected chi connectivity index (χ4v) is 5.39. The van der Waals surface area contributed by atoms with Gasteiger partial charge >= 0.3 is 0 Å². The maximum atomic E-state index is 6.10. The molecule has 0 spiro atoms. The van der Waals surface area contributed by atoms with E-state index in [2.05, 4.69) is 90.1 Å². The van der Waals surface area contributed by atoms with E-state index in [4.69, 9.17) is 18.1 Å². The van der Waals surface area contributed by atoms with Gasteiger partial charge in [0.25, 0.3) is 0 Å². The molecule has 0 aliphatic heterocycles. The van der Waals surface area contributed by atoms with Gasteiger partial charge in [0.2, 0.25) is 18.1 Å². The van der Waals surface area contributed by atoms with Crippen molar-refractivity contribution in [3.05, 3.63) is 131 Å². The summed E-state index contributed by atoms with van der Waals surface area (Å²) in [6.07, 6.45) is 0. The molecule has 0 saturated carbocycles. The largest absolute Gasteiger partial charge is 0.450 e. The van der Waals surface area contributed by atoms with Crippen LogP contribution in [0.15, 0.2) is 109 Å². The standard InChI is InChI=1S/C33H38O4P2/c1-31(2,25-17-19-28(20-18-25)33(5,6)37-38-34-29-15-11-8-12-16-29)26-21-23-30(24-22-26)35-39-36-32(3,4)27-13-9-7-10-14-27/h7-24,38-39H,1-6H3. The molecule has 204 valence electrons. The number of hydrogen-bond donors (Lipinski definition) is 0. The van der Waals surface area contributed by atoms with Crippen molar-refractivity contribution in [3.63, 3.8) is 0 Å². The van der Waals surface area contributed by atoms with E-state index in [1.165, 1.54) is 11.1 Å². The average Bonchev–Trinajstić information content (AvgIpc) is 2.94. The van der Waals surface area contributed by atoms with Gasteiger partial charge in [0.15, 0.2) is 0 Å². The lowest BCUT2D eigenvalue weighted by atomic mass is 9.77. The minimum atomic E-state index is -0.465. The van der Waals surface area contributed by atoms with Gasteiger partial charge in [-0.2, -0.15) is 0 Å². The van der Waals surface area contributed by atoms with Crippen LogP contribution in [-0.4, -0.2) is 0 Å². The maximum Gasteiger partial charge on any atom is 0.216 e. The zero-order chi connectivity index (χ0) is 27.9. The van der Waals surface area contributed by atoms with Crippen molar-refractivity contribution >= 4 is 18.1 Å². The maximum absolute atomic E-state index is 6.10.